The van der Waals surface area contributed by atoms with Crippen LogP contribution in [0.5, 0.6) is 0 Å². The van der Waals surface area contributed by atoms with Gasteiger partial charge in [-0.15, -0.1) is 12.4 Å². The number of nitrogens with one attached hydrogen (secondary N) is 2. The summed E-state index contributed by atoms with van der Waals surface area (Å²) in [5, 5.41) is 10.1. The number of carbonyl (C=O) groups excluding carboxylic acids is 1. The van der Waals surface area contributed by atoms with Gasteiger partial charge >= 0.3 is 0 Å². The predicted molar refractivity (Wildman–Crippen MR) is 68.2 cm³/mol. The minimum Gasteiger partial charge on any atom is -0.348 e. The molecule has 1 heterocycles. The standard InChI is InChI=1S/C11H18N4O.ClH/c1-12-7-11(16)14-9-4-3-5-10-8(9)6-13-15(10)2;/h6,9,12H,3-5,7H2,1-2H3,(H,14,16);1H. The molecule has 1 aliphatic carbocycles. The Morgan fingerprint density at radius 1 is 1.65 bits per heavy atom. The van der Waals surface area contributed by atoms with Crippen LogP contribution in [0.15, 0.2) is 6.20 Å². The fraction of sp³-hybridized carbons (Fsp3) is 0.636. The second kappa shape index (κ2) is 6.02. The third-order valence-corrected chi connectivity index (χ3v) is 3.05. The third-order valence-electron chi connectivity index (χ3n) is 3.05. The number of likely N-dealkylation sites (N-methyl/N-ethyl adjacent to an activating group) is 1. The topological polar surface area (TPSA) is 59.0 Å². The first kappa shape index (κ1) is 14.0. The molecule has 1 atom stereocenters. The van der Waals surface area contributed by atoms with Crippen molar-refractivity contribution in [3.8, 4) is 0 Å². The van der Waals surface area contributed by atoms with E-state index in [9.17, 15) is 4.79 Å². The van der Waals surface area contributed by atoms with Gasteiger partial charge < -0.3 is 10.6 Å². The van der Waals surface area contributed by atoms with E-state index in [1.807, 2.05) is 17.9 Å². The largest absolute Gasteiger partial charge is 0.348 e. The van der Waals surface area contributed by atoms with Crippen LogP contribution in [-0.4, -0.2) is 29.3 Å². The minimum absolute atomic E-state index is 0. The van der Waals surface area contributed by atoms with Crippen molar-refractivity contribution < 1.29 is 4.79 Å². The molecule has 1 amide bonds. The Morgan fingerprint density at radius 2 is 2.41 bits per heavy atom. The van der Waals surface area contributed by atoms with E-state index in [0.717, 1.165) is 19.3 Å². The monoisotopic (exact) mass is 258 g/mol. The van der Waals surface area contributed by atoms with Crippen LogP contribution in [0.1, 0.15) is 30.1 Å². The van der Waals surface area contributed by atoms with E-state index in [4.69, 9.17) is 0 Å². The van der Waals surface area contributed by atoms with E-state index >= 15 is 0 Å². The molecule has 1 aromatic rings. The van der Waals surface area contributed by atoms with Gasteiger partial charge in [0.2, 0.25) is 5.91 Å². The van der Waals surface area contributed by atoms with Crippen LogP contribution in [0.25, 0.3) is 0 Å². The molecule has 96 valence electrons. The summed E-state index contributed by atoms with van der Waals surface area (Å²) in [6, 6.07) is 0.137. The van der Waals surface area contributed by atoms with Crippen LogP contribution in [0.2, 0.25) is 0 Å². The van der Waals surface area contributed by atoms with E-state index < -0.39 is 0 Å². The highest BCUT2D eigenvalue weighted by Gasteiger charge is 2.24. The van der Waals surface area contributed by atoms with Gasteiger partial charge in [0.1, 0.15) is 0 Å². The van der Waals surface area contributed by atoms with Crippen LogP contribution >= 0.6 is 12.4 Å². The maximum Gasteiger partial charge on any atom is 0.234 e. The molecule has 1 aromatic heterocycles. The van der Waals surface area contributed by atoms with Crippen LogP contribution in [0, 0.1) is 0 Å². The Hall–Kier alpha value is -1.07. The first-order valence-electron chi connectivity index (χ1n) is 5.67. The zero-order valence-electron chi connectivity index (χ0n) is 10.2. The van der Waals surface area contributed by atoms with E-state index in [0.29, 0.717) is 6.54 Å². The number of rotatable bonds is 3. The van der Waals surface area contributed by atoms with Crippen molar-refractivity contribution in [1.29, 1.82) is 0 Å². The summed E-state index contributed by atoms with van der Waals surface area (Å²) in [5.41, 5.74) is 2.43. The van der Waals surface area contributed by atoms with Gasteiger partial charge in [0.15, 0.2) is 0 Å². The van der Waals surface area contributed by atoms with Crippen molar-refractivity contribution in [2.24, 2.45) is 7.05 Å². The first-order chi connectivity index (χ1) is 7.72. The number of carbonyl (C=O) groups is 1. The lowest BCUT2D eigenvalue weighted by Gasteiger charge is -2.23. The van der Waals surface area contributed by atoms with Crippen molar-refractivity contribution in [3.63, 3.8) is 0 Å². The zero-order valence-corrected chi connectivity index (χ0v) is 11.0. The summed E-state index contributed by atoms with van der Waals surface area (Å²) in [6.45, 7) is 0.367. The van der Waals surface area contributed by atoms with Gasteiger partial charge in [0.05, 0.1) is 18.8 Å². The molecular formula is C11H19ClN4O. The Kier molecular flexibility index (Phi) is 4.96. The van der Waals surface area contributed by atoms with Gasteiger partial charge in [-0.3, -0.25) is 9.48 Å². The SMILES string of the molecule is CNCC(=O)NC1CCCc2c1cnn2C.Cl. The minimum atomic E-state index is 0. The number of hydrogen-bond acceptors (Lipinski definition) is 3. The fourth-order valence-electron chi connectivity index (χ4n) is 2.26. The average Bonchev–Trinajstić information content (AvgIpc) is 2.62. The van der Waals surface area contributed by atoms with Crippen molar-refractivity contribution in [2.45, 2.75) is 25.3 Å². The predicted octanol–water partition coefficient (Wildman–Crippen LogP) is 0.555. The summed E-state index contributed by atoms with van der Waals surface area (Å²) in [7, 11) is 3.73. The molecule has 0 radical (unpaired) electrons. The molecule has 2 N–H and O–H groups in total. The van der Waals surface area contributed by atoms with Crippen LogP contribution < -0.4 is 10.6 Å². The van der Waals surface area contributed by atoms with Crippen LogP contribution in [0.4, 0.5) is 0 Å². The van der Waals surface area contributed by atoms with E-state index in [-0.39, 0.29) is 24.4 Å². The van der Waals surface area contributed by atoms with Crippen molar-refractivity contribution in [1.82, 2.24) is 20.4 Å². The number of nitrogens with zero attached hydrogens (tertiary/aromatic N) is 2. The summed E-state index contributed by atoms with van der Waals surface area (Å²) in [4.78, 5) is 11.5. The number of hydrogen-bond donors (Lipinski definition) is 2. The molecule has 0 spiro atoms. The fourth-order valence-corrected chi connectivity index (χ4v) is 2.26. The normalized spacial score (nSPS) is 18.1. The van der Waals surface area contributed by atoms with Gasteiger partial charge in [-0.25, -0.2) is 0 Å². The Labute approximate surface area is 107 Å². The lowest BCUT2D eigenvalue weighted by atomic mass is 9.93. The van der Waals surface area contributed by atoms with Crippen molar-refractivity contribution in [3.05, 3.63) is 17.5 Å². The lowest BCUT2D eigenvalue weighted by molar-refractivity contribution is -0.121. The highest BCUT2D eigenvalue weighted by molar-refractivity contribution is 5.85. The molecule has 0 aliphatic heterocycles. The van der Waals surface area contributed by atoms with Gasteiger partial charge in [-0.05, 0) is 26.3 Å². The summed E-state index contributed by atoms with van der Waals surface area (Å²) in [5.74, 6) is 0.0456. The lowest BCUT2D eigenvalue weighted by Crippen LogP contribution is -2.36. The maximum atomic E-state index is 11.5. The number of halogens is 1. The van der Waals surface area contributed by atoms with Crippen LogP contribution in [0.3, 0.4) is 0 Å². The molecule has 0 bridgehead atoms. The first-order valence-corrected chi connectivity index (χ1v) is 5.67. The van der Waals surface area contributed by atoms with E-state index in [1.165, 1.54) is 11.3 Å². The highest BCUT2D eigenvalue weighted by Crippen LogP contribution is 2.28. The quantitative estimate of drug-likeness (QED) is 0.833. The van der Waals surface area contributed by atoms with Crippen molar-refractivity contribution >= 4 is 18.3 Å². The summed E-state index contributed by atoms with van der Waals surface area (Å²) >= 11 is 0. The molecule has 0 saturated carbocycles. The highest BCUT2D eigenvalue weighted by atomic mass is 35.5. The zero-order chi connectivity index (χ0) is 11.5. The number of aryl methyl sites for hydroxylation is 1. The Balaban J connectivity index is 0.00000144. The van der Waals surface area contributed by atoms with E-state index in [1.54, 1.807) is 7.05 Å². The molecule has 1 unspecified atom stereocenters. The number of aromatic nitrogens is 2. The molecule has 0 saturated heterocycles. The summed E-state index contributed by atoms with van der Waals surface area (Å²) < 4.78 is 1.91. The molecule has 5 nitrogen and oxygen atoms in total. The molecule has 17 heavy (non-hydrogen) atoms. The molecule has 1 aliphatic rings. The second-order valence-corrected chi connectivity index (χ2v) is 4.21. The summed E-state index contributed by atoms with van der Waals surface area (Å²) in [6.07, 6.45) is 5.05. The van der Waals surface area contributed by atoms with Gasteiger partial charge in [0, 0.05) is 18.3 Å². The van der Waals surface area contributed by atoms with Crippen LogP contribution in [-0.2, 0) is 18.3 Å². The van der Waals surface area contributed by atoms with Gasteiger partial charge in [-0.1, -0.05) is 0 Å². The molecule has 0 aromatic carbocycles. The van der Waals surface area contributed by atoms with Gasteiger partial charge in [-0.2, -0.15) is 5.10 Å². The second-order valence-electron chi connectivity index (χ2n) is 4.21. The Morgan fingerprint density at radius 3 is 3.12 bits per heavy atom. The Bertz CT molecular complexity index is 391. The molecular weight excluding hydrogens is 240 g/mol. The van der Waals surface area contributed by atoms with Crippen molar-refractivity contribution in [2.75, 3.05) is 13.6 Å². The number of amides is 1. The van der Waals surface area contributed by atoms with Gasteiger partial charge in [0.25, 0.3) is 0 Å². The molecule has 2 rings (SSSR count). The smallest absolute Gasteiger partial charge is 0.234 e. The average molecular weight is 259 g/mol. The maximum absolute atomic E-state index is 11.5. The molecule has 6 heteroatoms. The number of fused-ring (bicyclic) bond motifs is 1. The van der Waals surface area contributed by atoms with E-state index in [2.05, 4.69) is 15.7 Å². The third kappa shape index (κ3) is 2.98. The molecule has 0 fully saturated rings.